The number of H-pyrrole nitrogens is 1. The van der Waals surface area contributed by atoms with Crippen molar-refractivity contribution in [2.24, 2.45) is 0 Å². The van der Waals surface area contributed by atoms with Crippen molar-refractivity contribution in [1.82, 2.24) is 15.6 Å². The van der Waals surface area contributed by atoms with Gasteiger partial charge in [-0.25, -0.2) is 4.79 Å². The second-order valence-electron chi connectivity index (χ2n) is 4.72. The molecule has 0 saturated carbocycles. The number of aromatic nitrogens is 1. The molecule has 4 N–H and O–H groups in total. The Morgan fingerprint density at radius 3 is 2.70 bits per heavy atom. The molecule has 20 heavy (non-hydrogen) atoms. The Morgan fingerprint density at radius 1 is 1.15 bits per heavy atom. The van der Waals surface area contributed by atoms with Gasteiger partial charge in [0.15, 0.2) is 0 Å². The maximum absolute atomic E-state index is 11.4. The Kier molecular flexibility index (Phi) is 5.43. The summed E-state index contributed by atoms with van der Waals surface area (Å²) in [6.45, 7) is 1.25. The Balaban J connectivity index is 1.70. The van der Waals surface area contributed by atoms with Gasteiger partial charge in [0.25, 0.3) is 0 Å². The fourth-order valence-electron chi connectivity index (χ4n) is 2.16. The van der Waals surface area contributed by atoms with Gasteiger partial charge in [-0.2, -0.15) is 0 Å². The van der Waals surface area contributed by atoms with E-state index in [9.17, 15) is 4.79 Å². The molecular weight excluding hydrogens is 254 g/mol. The number of benzene rings is 1. The van der Waals surface area contributed by atoms with Gasteiger partial charge >= 0.3 is 6.03 Å². The first-order chi connectivity index (χ1) is 9.81. The number of amides is 2. The van der Waals surface area contributed by atoms with E-state index in [1.54, 1.807) is 0 Å². The number of para-hydroxylation sites is 1. The predicted molar refractivity (Wildman–Crippen MR) is 79.7 cm³/mol. The lowest BCUT2D eigenvalue weighted by Crippen LogP contribution is -2.36. The average molecular weight is 275 g/mol. The molecule has 0 spiro atoms. The van der Waals surface area contributed by atoms with Crippen molar-refractivity contribution in [3.8, 4) is 0 Å². The van der Waals surface area contributed by atoms with E-state index >= 15 is 0 Å². The molecule has 2 amide bonds. The number of hydrogen-bond acceptors (Lipinski definition) is 2. The molecule has 2 rings (SSSR count). The van der Waals surface area contributed by atoms with Crippen LogP contribution in [-0.4, -0.2) is 35.8 Å². The Bertz CT molecular complexity index is 551. The van der Waals surface area contributed by atoms with E-state index in [-0.39, 0.29) is 12.6 Å². The number of fused-ring (bicyclic) bond motifs is 1. The molecule has 108 valence electrons. The Morgan fingerprint density at radius 2 is 1.90 bits per heavy atom. The lowest BCUT2D eigenvalue weighted by molar-refractivity contribution is 0.238. The van der Waals surface area contributed by atoms with Gasteiger partial charge in [-0.05, 0) is 30.9 Å². The number of nitrogens with one attached hydrogen (secondary N) is 3. The molecule has 0 unspecified atom stereocenters. The number of rotatable bonds is 7. The summed E-state index contributed by atoms with van der Waals surface area (Å²) in [6, 6.07) is 8.05. The zero-order chi connectivity index (χ0) is 14.2. The lowest BCUT2D eigenvalue weighted by atomic mass is 10.1. The summed E-state index contributed by atoms with van der Waals surface area (Å²) in [7, 11) is 0. The molecule has 5 nitrogen and oxygen atoms in total. The molecule has 0 saturated heterocycles. The summed E-state index contributed by atoms with van der Waals surface area (Å²) in [5.41, 5.74) is 2.43. The molecule has 5 heteroatoms. The highest BCUT2D eigenvalue weighted by molar-refractivity contribution is 5.83. The van der Waals surface area contributed by atoms with Crippen LogP contribution in [0.15, 0.2) is 30.5 Å². The maximum Gasteiger partial charge on any atom is 0.314 e. The van der Waals surface area contributed by atoms with E-state index in [0.29, 0.717) is 19.5 Å². The first-order valence-electron chi connectivity index (χ1n) is 6.99. The molecule has 0 aliphatic rings. The van der Waals surface area contributed by atoms with Crippen molar-refractivity contribution in [2.45, 2.75) is 19.3 Å². The SMILES string of the molecule is O=C(NCCCO)NCCCc1c[nH]c2ccccc12. The molecule has 0 radical (unpaired) electrons. The molecule has 0 aliphatic carbocycles. The molecule has 0 fully saturated rings. The number of aliphatic hydroxyl groups excluding tert-OH is 1. The third-order valence-corrected chi connectivity index (χ3v) is 3.20. The normalized spacial score (nSPS) is 10.7. The molecule has 1 aromatic heterocycles. The van der Waals surface area contributed by atoms with Gasteiger partial charge < -0.3 is 20.7 Å². The van der Waals surface area contributed by atoms with Gasteiger partial charge in [-0.15, -0.1) is 0 Å². The van der Waals surface area contributed by atoms with Crippen molar-refractivity contribution in [1.29, 1.82) is 0 Å². The lowest BCUT2D eigenvalue weighted by Gasteiger charge is -2.06. The van der Waals surface area contributed by atoms with E-state index in [1.165, 1.54) is 10.9 Å². The number of hydrogen-bond donors (Lipinski definition) is 4. The van der Waals surface area contributed by atoms with E-state index in [4.69, 9.17) is 5.11 Å². The second kappa shape index (κ2) is 7.55. The minimum atomic E-state index is -0.169. The van der Waals surface area contributed by atoms with Crippen molar-refractivity contribution in [2.75, 3.05) is 19.7 Å². The van der Waals surface area contributed by atoms with Crippen LogP contribution in [-0.2, 0) is 6.42 Å². The van der Waals surface area contributed by atoms with Crippen molar-refractivity contribution in [3.05, 3.63) is 36.0 Å². The van der Waals surface area contributed by atoms with Gasteiger partial charge in [-0.3, -0.25) is 0 Å². The van der Waals surface area contributed by atoms with Gasteiger partial charge in [0.1, 0.15) is 0 Å². The zero-order valence-corrected chi connectivity index (χ0v) is 11.5. The number of aryl methyl sites for hydroxylation is 1. The van der Waals surface area contributed by atoms with Crippen LogP contribution in [0, 0.1) is 0 Å². The fourth-order valence-corrected chi connectivity index (χ4v) is 2.16. The fraction of sp³-hybridized carbons (Fsp3) is 0.400. The van der Waals surface area contributed by atoms with E-state index in [1.807, 2.05) is 18.3 Å². The summed E-state index contributed by atoms with van der Waals surface area (Å²) in [6.07, 6.45) is 4.45. The van der Waals surface area contributed by atoms with Crippen LogP contribution in [0.2, 0.25) is 0 Å². The van der Waals surface area contributed by atoms with E-state index < -0.39 is 0 Å². The van der Waals surface area contributed by atoms with Crippen LogP contribution >= 0.6 is 0 Å². The third-order valence-electron chi connectivity index (χ3n) is 3.20. The highest BCUT2D eigenvalue weighted by atomic mass is 16.3. The van der Waals surface area contributed by atoms with Crippen LogP contribution in [0.4, 0.5) is 4.79 Å². The monoisotopic (exact) mass is 275 g/mol. The van der Waals surface area contributed by atoms with Gasteiger partial charge in [-0.1, -0.05) is 18.2 Å². The van der Waals surface area contributed by atoms with Crippen LogP contribution in [0.5, 0.6) is 0 Å². The number of aromatic amines is 1. The number of aliphatic hydroxyl groups is 1. The number of urea groups is 1. The summed E-state index contributed by atoms with van der Waals surface area (Å²) in [4.78, 5) is 14.6. The second-order valence-corrected chi connectivity index (χ2v) is 4.72. The predicted octanol–water partition coefficient (Wildman–Crippen LogP) is 1.78. The first-order valence-corrected chi connectivity index (χ1v) is 6.99. The molecule has 0 bridgehead atoms. The molecule has 1 heterocycles. The largest absolute Gasteiger partial charge is 0.396 e. The third kappa shape index (κ3) is 3.99. The Hall–Kier alpha value is -2.01. The van der Waals surface area contributed by atoms with Crippen LogP contribution < -0.4 is 10.6 Å². The average Bonchev–Trinajstić information content (AvgIpc) is 2.87. The van der Waals surface area contributed by atoms with Crippen molar-refractivity contribution < 1.29 is 9.90 Å². The van der Waals surface area contributed by atoms with Crippen molar-refractivity contribution >= 4 is 16.9 Å². The van der Waals surface area contributed by atoms with Gasteiger partial charge in [0, 0.05) is 36.8 Å². The van der Waals surface area contributed by atoms with Crippen LogP contribution in [0.25, 0.3) is 10.9 Å². The molecular formula is C15H21N3O2. The minimum absolute atomic E-state index is 0.0981. The highest BCUT2D eigenvalue weighted by Crippen LogP contribution is 2.18. The summed E-state index contributed by atoms with van der Waals surface area (Å²) < 4.78 is 0. The van der Waals surface area contributed by atoms with Crippen LogP contribution in [0.1, 0.15) is 18.4 Å². The number of carbonyl (C=O) groups is 1. The first kappa shape index (κ1) is 14.4. The standard InChI is InChI=1S/C15H21N3O2/c19-10-4-9-17-15(20)16-8-3-5-12-11-18-14-7-2-1-6-13(12)14/h1-2,6-7,11,18-19H,3-5,8-10H2,(H2,16,17,20). The smallest absolute Gasteiger partial charge is 0.314 e. The summed E-state index contributed by atoms with van der Waals surface area (Å²) in [5, 5.41) is 15.4. The Labute approximate surface area is 118 Å². The molecule has 2 aromatic rings. The summed E-state index contributed by atoms with van der Waals surface area (Å²) >= 11 is 0. The maximum atomic E-state index is 11.4. The summed E-state index contributed by atoms with van der Waals surface area (Å²) in [5.74, 6) is 0. The molecule has 0 atom stereocenters. The highest BCUT2D eigenvalue weighted by Gasteiger charge is 2.03. The topological polar surface area (TPSA) is 77.2 Å². The van der Waals surface area contributed by atoms with Crippen molar-refractivity contribution in [3.63, 3.8) is 0 Å². The zero-order valence-electron chi connectivity index (χ0n) is 11.5. The number of carbonyl (C=O) groups excluding carboxylic acids is 1. The quantitative estimate of drug-likeness (QED) is 0.581. The van der Waals surface area contributed by atoms with Crippen LogP contribution in [0.3, 0.4) is 0 Å². The van der Waals surface area contributed by atoms with E-state index in [2.05, 4.69) is 27.8 Å². The molecule has 0 aliphatic heterocycles. The van der Waals surface area contributed by atoms with Gasteiger partial charge in [0.2, 0.25) is 0 Å². The molecule has 1 aromatic carbocycles. The van der Waals surface area contributed by atoms with E-state index in [0.717, 1.165) is 18.4 Å². The van der Waals surface area contributed by atoms with Gasteiger partial charge in [0.05, 0.1) is 0 Å². The minimum Gasteiger partial charge on any atom is -0.396 e.